The van der Waals surface area contributed by atoms with Gasteiger partial charge in [-0.15, -0.1) is 0 Å². The fourth-order valence-electron chi connectivity index (χ4n) is 2.05. The number of rotatable bonds is 3. The molecule has 0 spiro atoms. The zero-order chi connectivity index (χ0) is 13.1. The summed E-state index contributed by atoms with van der Waals surface area (Å²) in [5, 5.41) is 0.662. The van der Waals surface area contributed by atoms with Crippen LogP contribution in [0, 0.1) is 6.92 Å². The van der Waals surface area contributed by atoms with Crippen molar-refractivity contribution in [2.75, 3.05) is 7.11 Å². The topological polar surface area (TPSA) is 35.2 Å². The third-order valence-corrected chi connectivity index (χ3v) is 3.29. The molecule has 0 aliphatic carbocycles. The Labute approximate surface area is 112 Å². The van der Waals surface area contributed by atoms with Gasteiger partial charge in [0.25, 0.3) is 0 Å². The average molecular weight is 262 g/mol. The molecule has 0 aliphatic heterocycles. The predicted octanol–water partition coefficient (Wildman–Crippen LogP) is 3.71. The quantitative estimate of drug-likeness (QED) is 0.914. The fraction of sp³-hybridized carbons (Fsp3) is 0.200. The molecule has 18 heavy (non-hydrogen) atoms. The van der Waals surface area contributed by atoms with Gasteiger partial charge in [-0.1, -0.05) is 35.9 Å². The molecule has 0 fully saturated rings. The van der Waals surface area contributed by atoms with E-state index in [0.717, 1.165) is 22.4 Å². The highest BCUT2D eigenvalue weighted by atomic mass is 35.5. The molecule has 0 saturated carbocycles. The highest BCUT2D eigenvalue weighted by Crippen LogP contribution is 2.31. The molecule has 2 aromatic rings. The molecule has 0 saturated heterocycles. The maximum atomic E-state index is 6.32. The van der Waals surface area contributed by atoms with Crippen LogP contribution in [0.4, 0.5) is 0 Å². The van der Waals surface area contributed by atoms with Crippen LogP contribution in [0.25, 0.3) is 0 Å². The first-order valence-corrected chi connectivity index (χ1v) is 6.16. The van der Waals surface area contributed by atoms with Crippen molar-refractivity contribution >= 4 is 11.6 Å². The van der Waals surface area contributed by atoms with Gasteiger partial charge in [0.1, 0.15) is 5.75 Å². The molecule has 0 bridgehead atoms. The van der Waals surface area contributed by atoms with Crippen molar-refractivity contribution in [2.24, 2.45) is 5.73 Å². The first-order valence-electron chi connectivity index (χ1n) is 5.78. The number of hydrogen-bond donors (Lipinski definition) is 1. The van der Waals surface area contributed by atoms with Crippen molar-refractivity contribution in [1.82, 2.24) is 0 Å². The Balaban J connectivity index is 2.48. The summed E-state index contributed by atoms with van der Waals surface area (Å²) in [5.41, 5.74) is 9.47. The van der Waals surface area contributed by atoms with Gasteiger partial charge in [0, 0.05) is 10.6 Å². The van der Waals surface area contributed by atoms with E-state index in [4.69, 9.17) is 22.1 Å². The molecular formula is C15H16ClNO. The summed E-state index contributed by atoms with van der Waals surface area (Å²) in [5.74, 6) is 0.759. The van der Waals surface area contributed by atoms with E-state index in [0.29, 0.717) is 5.02 Å². The van der Waals surface area contributed by atoms with Crippen LogP contribution in [0.2, 0.25) is 5.02 Å². The van der Waals surface area contributed by atoms with E-state index in [1.54, 1.807) is 13.2 Å². The summed E-state index contributed by atoms with van der Waals surface area (Å²) in [6.45, 7) is 2.05. The number of ether oxygens (including phenoxy) is 1. The van der Waals surface area contributed by atoms with Crippen molar-refractivity contribution in [3.8, 4) is 5.75 Å². The molecule has 1 unspecified atom stereocenters. The lowest BCUT2D eigenvalue weighted by atomic mass is 9.95. The monoisotopic (exact) mass is 261 g/mol. The van der Waals surface area contributed by atoms with Gasteiger partial charge < -0.3 is 10.5 Å². The number of nitrogens with two attached hydrogens (primary N) is 1. The molecule has 2 rings (SSSR count). The van der Waals surface area contributed by atoms with E-state index in [-0.39, 0.29) is 6.04 Å². The Kier molecular flexibility index (Phi) is 3.90. The molecule has 2 N–H and O–H groups in total. The van der Waals surface area contributed by atoms with Crippen LogP contribution in [0.1, 0.15) is 22.7 Å². The maximum absolute atomic E-state index is 6.32. The van der Waals surface area contributed by atoms with E-state index in [1.807, 2.05) is 43.3 Å². The van der Waals surface area contributed by atoms with Gasteiger partial charge >= 0.3 is 0 Å². The van der Waals surface area contributed by atoms with E-state index >= 15 is 0 Å². The fourth-order valence-corrected chi connectivity index (χ4v) is 2.23. The van der Waals surface area contributed by atoms with Crippen molar-refractivity contribution < 1.29 is 4.74 Å². The van der Waals surface area contributed by atoms with E-state index < -0.39 is 0 Å². The zero-order valence-corrected chi connectivity index (χ0v) is 11.2. The standard InChI is InChI=1S/C15H16ClNO/c1-10-5-3-4-6-12(10)15(17)13-9-11(16)7-8-14(13)18-2/h3-9,15H,17H2,1-2H3. The molecule has 94 valence electrons. The van der Waals surface area contributed by atoms with E-state index in [1.165, 1.54) is 0 Å². The van der Waals surface area contributed by atoms with Crippen molar-refractivity contribution in [2.45, 2.75) is 13.0 Å². The largest absolute Gasteiger partial charge is 0.496 e. The van der Waals surface area contributed by atoms with Crippen LogP contribution in [0.5, 0.6) is 5.75 Å². The van der Waals surface area contributed by atoms with Crippen LogP contribution in [-0.2, 0) is 0 Å². The Bertz CT molecular complexity index is 554. The Hall–Kier alpha value is -1.51. The van der Waals surface area contributed by atoms with Crippen LogP contribution < -0.4 is 10.5 Å². The molecule has 3 heteroatoms. The summed E-state index contributed by atoms with van der Waals surface area (Å²) in [4.78, 5) is 0. The molecule has 1 atom stereocenters. The number of benzene rings is 2. The summed E-state index contributed by atoms with van der Waals surface area (Å²) < 4.78 is 5.34. The van der Waals surface area contributed by atoms with Gasteiger partial charge in [0.05, 0.1) is 13.2 Å². The lowest BCUT2D eigenvalue weighted by molar-refractivity contribution is 0.408. The van der Waals surface area contributed by atoms with Gasteiger partial charge in [-0.25, -0.2) is 0 Å². The second-order valence-corrected chi connectivity index (χ2v) is 4.66. The van der Waals surface area contributed by atoms with E-state index in [2.05, 4.69) is 0 Å². The highest BCUT2D eigenvalue weighted by Gasteiger charge is 2.15. The third-order valence-electron chi connectivity index (χ3n) is 3.05. The summed E-state index contributed by atoms with van der Waals surface area (Å²) in [7, 11) is 1.64. The smallest absolute Gasteiger partial charge is 0.124 e. The second-order valence-electron chi connectivity index (χ2n) is 4.22. The number of hydrogen-bond acceptors (Lipinski definition) is 2. The second kappa shape index (κ2) is 5.42. The Morgan fingerprint density at radius 1 is 1.11 bits per heavy atom. The SMILES string of the molecule is COc1ccc(Cl)cc1C(N)c1ccccc1C. The van der Waals surface area contributed by atoms with Crippen molar-refractivity contribution in [1.29, 1.82) is 0 Å². The summed E-state index contributed by atoms with van der Waals surface area (Å²) in [6, 6.07) is 13.3. The van der Waals surface area contributed by atoms with Crippen molar-refractivity contribution in [3.05, 3.63) is 64.2 Å². The zero-order valence-electron chi connectivity index (χ0n) is 10.5. The Morgan fingerprint density at radius 3 is 2.50 bits per heavy atom. The van der Waals surface area contributed by atoms with Gasteiger partial charge in [-0.3, -0.25) is 0 Å². The lowest BCUT2D eigenvalue weighted by Crippen LogP contribution is -2.14. The van der Waals surface area contributed by atoms with Crippen molar-refractivity contribution in [3.63, 3.8) is 0 Å². The minimum absolute atomic E-state index is 0.236. The highest BCUT2D eigenvalue weighted by molar-refractivity contribution is 6.30. The Morgan fingerprint density at radius 2 is 1.83 bits per heavy atom. The summed E-state index contributed by atoms with van der Waals surface area (Å²) >= 11 is 6.03. The number of halogens is 1. The van der Waals surface area contributed by atoms with E-state index in [9.17, 15) is 0 Å². The molecule has 0 aromatic heterocycles. The first-order chi connectivity index (χ1) is 8.63. The van der Waals surface area contributed by atoms with Gasteiger partial charge in [0.2, 0.25) is 0 Å². The molecular weight excluding hydrogens is 246 g/mol. The van der Waals surface area contributed by atoms with Gasteiger partial charge in [-0.05, 0) is 36.2 Å². The third kappa shape index (κ3) is 2.50. The van der Waals surface area contributed by atoms with Crippen LogP contribution in [0.15, 0.2) is 42.5 Å². The number of aryl methyl sites for hydroxylation is 1. The molecule has 2 aromatic carbocycles. The van der Waals surface area contributed by atoms with Gasteiger partial charge in [-0.2, -0.15) is 0 Å². The maximum Gasteiger partial charge on any atom is 0.124 e. The van der Waals surface area contributed by atoms with Crippen LogP contribution >= 0.6 is 11.6 Å². The lowest BCUT2D eigenvalue weighted by Gasteiger charge is -2.18. The normalized spacial score (nSPS) is 12.2. The van der Waals surface area contributed by atoms with Crippen LogP contribution in [0.3, 0.4) is 0 Å². The average Bonchev–Trinajstić information content (AvgIpc) is 2.38. The molecule has 0 radical (unpaired) electrons. The number of methoxy groups -OCH3 is 1. The van der Waals surface area contributed by atoms with Crippen LogP contribution in [-0.4, -0.2) is 7.11 Å². The minimum atomic E-state index is -0.236. The summed E-state index contributed by atoms with van der Waals surface area (Å²) in [6.07, 6.45) is 0. The molecule has 2 nitrogen and oxygen atoms in total. The molecule has 0 heterocycles. The predicted molar refractivity (Wildman–Crippen MR) is 75.2 cm³/mol. The molecule has 0 aliphatic rings. The van der Waals surface area contributed by atoms with Gasteiger partial charge in [0.15, 0.2) is 0 Å². The molecule has 0 amide bonds. The first kappa shape index (κ1) is 12.9. The minimum Gasteiger partial charge on any atom is -0.496 e.